The molecule has 108 valence electrons. The maximum absolute atomic E-state index is 12.7. The monoisotopic (exact) mass is 293 g/mol. The zero-order chi connectivity index (χ0) is 14.9. The van der Waals surface area contributed by atoms with Gasteiger partial charge in [0, 0.05) is 16.2 Å². The van der Waals surface area contributed by atoms with Crippen molar-refractivity contribution in [3.05, 3.63) is 29.8 Å². The van der Waals surface area contributed by atoms with Crippen LogP contribution in [0, 0.1) is 0 Å². The van der Waals surface area contributed by atoms with Gasteiger partial charge >= 0.3 is 5.97 Å². The molecule has 0 saturated heterocycles. The maximum Gasteiger partial charge on any atom is 0.323 e. The molecule has 0 aromatic heterocycles. The molecule has 20 heavy (non-hydrogen) atoms. The molecule has 4 nitrogen and oxygen atoms in total. The molecule has 0 saturated carbocycles. The van der Waals surface area contributed by atoms with Crippen LogP contribution >= 0.6 is 11.8 Å². The van der Waals surface area contributed by atoms with Crippen molar-refractivity contribution in [3.63, 3.8) is 0 Å². The molecule has 1 aliphatic rings. The van der Waals surface area contributed by atoms with Gasteiger partial charge in [-0.2, -0.15) is 0 Å². The van der Waals surface area contributed by atoms with Gasteiger partial charge in [0.1, 0.15) is 6.54 Å². The number of hydrogen-bond acceptors (Lipinski definition) is 3. The minimum absolute atomic E-state index is 0.0997. The Hall–Kier alpha value is -1.49. The van der Waals surface area contributed by atoms with Crippen LogP contribution < -0.4 is 0 Å². The lowest BCUT2D eigenvalue weighted by molar-refractivity contribution is -0.148. The van der Waals surface area contributed by atoms with E-state index in [2.05, 4.69) is 0 Å². The summed E-state index contributed by atoms with van der Waals surface area (Å²) in [6, 6.07) is 7.84. The molecule has 2 rings (SSSR count). The molecule has 1 aromatic carbocycles. The average molecular weight is 293 g/mol. The van der Waals surface area contributed by atoms with E-state index in [1.165, 1.54) is 4.90 Å². The van der Waals surface area contributed by atoms with E-state index in [-0.39, 0.29) is 18.4 Å². The SMILES string of the molecule is CC(C)(C)N(CC(=O)O)C(=O)C1CSc2ccccc21. The molecule has 1 amide bonds. The molecule has 5 heteroatoms. The number of benzene rings is 1. The number of carboxylic acids is 1. The van der Waals surface area contributed by atoms with Gasteiger partial charge in [0.25, 0.3) is 0 Å². The predicted octanol–water partition coefficient (Wildman–Crippen LogP) is 2.59. The predicted molar refractivity (Wildman–Crippen MR) is 79.0 cm³/mol. The van der Waals surface area contributed by atoms with E-state index in [4.69, 9.17) is 5.11 Å². The smallest absolute Gasteiger partial charge is 0.323 e. The largest absolute Gasteiger partial charge is 0.480 e. The fourth-order valence-electron chi connectivity index (χ4n) is 2.34. The van der Waals surface area contributed by atoms with Crippen molar-refractivity contribution in [2.45, 2.75) is 37.1 Å². The summed E-state index contributed by atoms with van der Waals surface area (Å²) in [4.78, 5) is 26.3. The van der Waals surface area contributed by atoms with E-state index in [1.807, 2.05) is 45.0 Å². The van der Waals surface area contributed by atoms with Crippen LogP contribution in [-0.4, -0.2) is 39.7 Å². The molecule has 0 aliphatic carbocycles. The Balaban J connectivity index is 2.28. The Morgan fingerprint density at radius 3 is 2.60 bits per heavy atom. The number of carboxylic acid groups (broad SMARTS) is 1. The van der Waals surface area contributed by atoms with Gasteiger partial charge in [0.05, 0.1) is 5.92 Å². The van der Waals surface area contributed by atoms with Crippen LogP contribution in [0.5, 0.6) is 0 Å². The Kier molecular flexibility index (Phi) is 4.09. The molecule has 1 aliphatic heterocycles. The van der Waals surface area contributed by atoms with Crippen molar-refractivity contribution < 1.29 is 14.7 Å². The molecule has 1 atom stereocenters. The molecular weight excluding hydrogens is 274 g/mol. The molecule has 1 unspecified atom stereocenters. The third-order valence-electron chi connectivity index (χ3n) is 3.37. The van der Waals surface area contributed by atoms with Crippen molar-refractivity contribution in [2.24, 2.45) is 0 Å². The van der Waals surface area contributed by atoms with Gasteiger partial charge in [-0.1, -0.05) is 18.2 Å². The number of aliphatic carboxylic acids is 1. The minimum Gasteiger partial charge on any atom is -0.480 e. The molecule has 1 aromatic rings. The number of thioether (sulfide) groups is 1. The highest BCUT2D eigenvalue weighted by molar-refractivity contribution is 7.99. The zero-order valence-corrected chi connectivity index (χ0v) is 12.7. The maximum atomic E-state index is 12.7. The first-order chi connectivity index (χ1) is 9.30. The lowest BCUT2D eigenvalue weighted by atomic mass is 9.96. The van der Waals surface area contributed by atoms with E-state index in [0.717, 1.165) is 10.5 Å². The van der Waals surface area contributed by atoms with Crippen molar-refractivity contribution in [2.75, 3.05) is 12.3 Å². The third kappa shape index (κ3) is 2.98. The first-order valence-electron chi connectivity index (χ1n) is 6.55. The summed E-state index contributed by atoms with van der Waals surface area (Å²) >= 11 is 1.66. The van der Waals surface area contributed by atoms with E-state index < -0.39 is 11.5 Å². The number of hydrogen-bond donors (Lipinski definition) is 1. The van der Waals surface area contributed by atoms with Crippen LogP contribution in [-0.2, 0) is 9.59 Å². The summed E-state index contributed by atoms with van der Waals surface area (Å²) in [6.45, 7) is 5.33. The van der Waals surface area contributed by atoms with Gasteiger partial charge in [-0.15, -0.1) is 11.8 Å². The number of fused-ring (bicyclic) bond motifs is 1. The highest BCUT2D eigenvalue weighted by Gasteiger charge is 2.37. The van der Waals surface area contributed by atoms with Crippen LogP contribution in [0.3, 0.4) is 0 Å². The number of carbonyl (C=O) groups is 2. The van der Waals surface area contributed by atoms with Crippen molar-refractivity contribution in [1.82, 2.24) is 4.90 Å². The number of amides is 1. The van der Waals surface area contributed by atoms with Crippen LogP contribution in [0.2, 0.25) is 0 Å². The summed E-state index contributed by atoms with van der Waals surface area (Å²) in [5.41, 5.74) is 0.514. The summed E-state index contributed by atoms with van der Waals surface area (Å²) < 4.78 is 0. The Morgan fingerprint density at radius 1 is 1.35 bits per heavy atom. The highest BCUT2D eigenvalue weighted by atomic mass is 32.2. The average Bonchev–Trinajstić information content (AvgIpc) is 2.77. The molecule has 0 radical (unpaired) electrons. The molecule has 0 fully saturated rings. The van der Waals surface area contributed by atoms with Gasteiger partial charge in [-0.05, 0) is 32.4 Å². The Bertz CT molecular complexity index is 536. The quantitative estimate of drug-likeness (QED) is 0.930. The van der Waals surface area contributed by atoms with E-state index in [1.54, 1.807) is 11.8 Å². The first kappa shape index (κ1) is 14.9. The standard InChI is InChI=1S/C15H19NO3S/c1-15(2,3)16(8-13(17)18)14(19)11-9-20-12-7-5-4-6-10(11)12/h4-7,11H,8-9H2,1-3H3,(H,17,18). The molecule has 1 heterocycles. The summed E-state index contributed by atoms with van der Waals surface area (Å²) in [7, 11) is 0. The van der Waals surface area contributed by atoms with Crippen LogP contribution in [0.1, 0.15) is 32.3 Å². The second-order valence-electron chi connectivity index (χ2n) is 5.89. The molecular formula is C15H19NO3S. The van der Waals surface area contributed by atoms with Crippen molar-refractivity contribution >= 4 is 23.6 Å². The molecule has 0 bridgehead atoms. The molecule has 1 N–H and O–H groups in total. The van der Waals surface area contributed by atoms with Gasteiger partial charge in [0.15, 0.2) is 0 Å². The Morgan fingerprint density at radius 2 is 2.00 bits per heavy atom. The lowest BCUT2D eigenvalue weighted by Crippen LogP contribution is -2.50. The van der Waals surface area contributed by atoms with Crippen LogP contribution in [0.25, 0.3) is 0 Å². The van der Waals surface area contributed by atoms with Gasteiger partial charge in [-0.25, -0.2) is 0 Å². The summed E-state index contributed by atoms with van der Waals surface area (Å²) in [5.74, 6) is -0.635. The van der Waals surface area contributed by atoms with Gasteiger partial charge < -0.3 is 10.0 Å². The third-order valence-corrected chi connectivity index (χ3v) is 4.55. The second kappa shape index (κ2) is 5.48. The van der Waals surface area contributed by atoms with E-state index in [0.29, 0.717) is 5.75 Å². The number of nitrogens with zero attached hydrogens (tertiary/aromatic N) is 1. The first-order valence-corrected chi connectivity index (χ1v) is 7.54. The minimum atomic E-state index is -0.979. The fraction of sp³-hybridized carbons (Fsp3) is 0.467. The fourth-order valence-corrected chi connectivity index (χ4v) is 3.56. The number of carbonyl (C=O) groups excluding carboxylic acids is 1. The van der Waals surface area contributed by atoms with Gasteiger partial charge in [0.2, 0.25) is 5.91 Å². The summed E-state index contributed by atoms with van der Waals surface area (Å²) in [6.07, 6.45) is 0. The lowest BCUT2D eigenvalue weighted by Gasteiger charge is -2.36. The van der Waals surface area contributed by atoms with E-state index in [9.17, 15) is 9.59 Å². The number of rotatable bonds is 3. The zero-order valence-electron chi connectivity index (χ0n) is 11.9. The molecule has 0 spiro atoms. The van der Waals surface area contributed by atoms with Gasteiger partial charge in [-0.3, -0.25) is 9.59 Å². The highest BCUT2D eigenvalue weighted by Crippen LogP contribution is 2.40. The topological polar surface area (TPSA) is 57.6 Å². The van der Waals surface area contributed by atoms with Crippen LogP contribution in [0.15, 0.2) is 29.2 Å². The van der Waals surface area contributed by atoms with E-state index >= 15 is 0 Å². The normalized spacial score (nSPS) is 17.6. The van der Waals surface area contributed by atoms with Crippen molar-refractivity contribution in [3.8, 4) is 0 Å². The summed E-state index contributed by atoms with van der Waals surface area (Å²) in [5, 5.41) is 9.04. The second-order valence-corrected chi connectivity index (χ2v) is 6.95. The Labute approximate surface area is 123 Å². The van der Waals surface area contributed by atoms with Crippen molar-refractivity contribution in [1.29, 1.82) is 0 Å². The van der Waals surface area contributed by atoms with Crippen LogP contribution in [0.4, 0.5) is 0 Å².